The second-order valence-corrected chi connectivity index (χ2v) is 3.09. The zero-order valence-corrected chi connectivity index (χ0v) is 8.59. The van der Waals surface area contributed by atoms with Gasteiger partial charge in [-0.15, -0.1) is 0 Å². The van der Waals surface area contributed by atoms with Crippen molar-refractivity contribution in [2.75, 3.05) is 7.11 Å². The van der Waals surface area contributed by atoms with Gasteiger partial charge in [0.15, 0.2) is 6.10 Å². The number of allylic oxidation sites excluding steroid dienone is 1. The Kier molecular flexibility index (Phi) is 4.57. The van der Waals surface area contributed by atoms with Crippen LogP contribution in [0.5, 0.6) is 0 Å². The Morgan fingerprint density at radius 2 is 2.13 bits per heavy atom. The summed E-state index contributed by atoms with van der Waals surface area (Å²) in [4.78, 5) is 10.8. The molecule has 15 heavy (non-hydrogen) atoms. The van der Waals surface area contributed by atoms with E-state index in [4.69, 9.17) is 0 Å². The summed E-state index contributed by atoms with van der Waals surface area (Å²) in [6.07, 6.45) is 2.70. The van der Waals surface area contributed by atoms with Crippen LogP contribution in [0.2, 0.25) is 0 Å². The predicted octanol–water partition coefficient (Wildman–Crippen LogP) is 1.32. The Bertz CT molecular complexity index is 330. The van der Waals surface area contributed by atoms with Gasteiger partial charge in [0.1, 0.15) is 0 Å². The van der Waals surface area contributed by atoms with E-state index in [1.807, 2.05) is 30.3 Å². The van der Waals surface area contributed by atoms with Gasteiger partial charge in [0.05, 0.1) is 7.11 Å². The molecule has 80 valence electrons. The first-order valence-electron chi connectivity index (χ1n) is 4.70. The highest BCUT2D eigenvalue weighted by Gasteiger charge is 2.09. The molecule has 1 aromatic rings. The van der Waals surface area contributed by atoms with E-state index in [9.17, 15) is 9.90 Å². The lowest BCUT2D eigenvalue weighted by Crippen LogP contribution is -2.18. The minimum atomic E-state index is -1.17. The number of aliphatic hydroxyl groups excluding tert-OH is 1. The Morgan fingerprint density at radius 1 is 1.47 bits per heavy atom. The third-order valence-corrected chi connectivity index (χ3v) is 1.96. The molecule has 1 rings (SSSR count). The van der Waals surface area contributed by atoms with Crippen LogP contribution in [0.25, 0.3) is 0 Å². The molecule has 0 aliphatic carbocycles. The van der Waals surface area contributed by atoms with E-state index < -0.39 is 12.1 Å². The maximum Gasteiger partial charge on any atom is 0.338 e. The first-order chi connectivity index (χ1) is 7.24. The molecule has 0 aliphatic rings. The maximum absolute atomic E-state index is 10.8. The zero-order valence-electron chi connectivity index (χ0n) is 8.59. The van der Waals surface area contributed by atoms with E-state index in [2.05, 4.69) is 4.74 Å². The molecule has 0 heterocycles. The average Bonchev–Trinajstić information content (AvgIpc) is 2.29. The van der Waals surface area contributed by atoms with Gasteiger partial charge < -0.3 is 9.84 Å². The molecular formula is C12H14O3. The van der Waals surface area contributed by atoms with E-state index in [0.29, 0.717) is 6.42 Å². The SMILES string of the molecule is COC(=O)[C@@H](O)/C=C/Cc1ccccc1. The van der Waals surface area contributed by atoms with Gasteiger partial charge in [-0.1, -0.05) is 36.4 Å². The molecule has 1 N–H and O–H groups in total. The van der Waals surface area contributed by atoms with E-state index in [-0.39, 0.29) is 0 Å². The topological polar surface area (TPSA) is 46.5 Å². The molecule has 0 aromatic heterocycles. The summed E-state index contributed by atoms with van der Waals surface area (Å²) in [6, 6.07) is 9.79. The first kappa shape index (κ1) is 11.5. The molecule has 3 nitrogen and oxygen atoms in total. The number of hydrogen-bond acceptors (Lipinski definition) is 3. The van der Waals surface area contributed by atoms with Gasteiger partial charge in [-0.3, -0.25) is 0 Å². The van der Waals surface area contributed by atoms with Crippen LogP contribution >= 0.6 is 0 Å². The van der Waals surface area contributed by atoms with Crippen molar-refractivity contribution < 1.29 is 14.6 Å². The molecule has 3 heteroatoms. The van der Waals surface area contributed by atoms with Gasteiger partial charge >= 0.3 is 5.97 Å². The maximum atomic E-state index is 10.8. The molecule has 1 aromatic carbocycles. The Balaban J connectivity index is 2.43. The quantitative estimate of drug-likeness (QED) is 0.597. The van der Waals surface area contributed by atoms with E-state index in [1.54, 1.807) is 6.08 Å². The summed E-state index contributed by atoms with van der Waals surface area (Å²) in [6.45, 7) is 0. The molecule has 1 atom stereocenters. The second-order valence-electron chi connectivity index (χ2n) is 3.09. The monoisotopic (exact) mass is 206 g/mol. The van der Waals surface area contributed by atoms with Gasteiger partial charge in [-0.2, -0.15) is 0 Å². The van der Waals surface area contributed by atoms with E-state index in [1.165, 1.54) is 13.2 Å². The third-order valence-electron chi connectivity index (χ3n) is 1.96. The number of benzene rings is 1. The highest BCUT2D eigenvalue weighted by molar-refractivity contribution is 5.76. The fraction of sp³-hybridized carbons (Fsp3) is 0.250. The fourth-order valence-electron chi connectivity index (χ4n) is 1.15. The molecule has 0 amide bonds. The summed E-state index contributed by atoms with van der Waals surface area (Å²) < 4.78 is 4.37. The van der Waals surface area contributed by atoms with Crippen LogP contribution in [0, 0.1) is 0 Å². The molecule has 0 unspecified atom stereocenters. The number of hydrogen-bond donors (Lipinski definition) is 1. The Morgan fingerprint density at radius 3 is 2.73 bits per heavy atom. The summed E-state index contributed by atoms with van der Waals surface area (Å²) in [5.41, 5.74) is 1.13. The molecule has 0 aliphatic heterocycles. The van der Waals surface area contributed by atoms with Crippen molar-refractivity contribution in [2.24, 2.45) is 0 Å². The molecule has 0 saturated carbocycles. The van der Waals surface area contributed by atoms with Crippen LogP contribution in [0.15, 0.2) is 42.5 Å². The first-order valence-corrected chi connectivity index (χ1v) is 4.70. The number of carbonyl (C=O) groups is 1. The lowest BCUT2D eigenvalue weighted by Gasteiger charge is -2.01. The minimum absolute atomic E-state index is 0.640. The fourth-order valence-corrected chi connectivity index (χ4v) is 1.15. The summed E-state index contributed by atoms with van der Waals surface area (Å²) in [7, 11) is 1.25. The van der Waals surface area contributed by atoms with Crippen molar-refractivity contribution in [2.45, 2.75) is 12.5 Å². The lowest BCUT2D eigenvalue weighted by molar-refractivity contribution is -0.147. The van der Waals surface area contributed by atoms with Crippen molar-refractivity contribution in [1.29, 1.82) is 0 Å². The molecule has 0 bridgehead atoms. The van der Waals surface area contributed by atoms with Crippen molar-refractivity contribution in [1.82, 2.24) is 0 Å². The number of esters is 1. The van der Waals surface area contributed by atoms with Gasteiger partial charge in [0.25, 0.3) is 0 Å². The predicted molar refractivity (Wildman–Crippen MR) is 57.3 cm³/mol. The standard InChI is InChI=1S/C12H14O3/c1-15-12(14)11(13)9-5-8-10-6-3-2-4-7-10/h2-7,9,11,13H,8H2,1H3/b9-5+/t11-/m0/s1. The van der Waals surface area contributed by atoms with Crippen LogP contribution in [0.4, 0.5) is 0 Å². The van der Waals surface area contributed by atoms with Crippen molar-refractivity contribution in [3.63, 3.8) is 0 Å². The van der Waals surface area contributed by atoms with Gasteiger partial charge in [-0.05, 0) is 18.1 Å². The smallest absolute Gasteiger partial charge is 0.338 e. The number of rotatable bonds is 4. The number of ether oxygens (including phenoxy) is 1. The summed E-state index contributed by atoms with van der Waals surface area (Å²) in [5.74, 6) is -0.640. The summed E-state index contributed by atoms with van der Waals surface area (Å²) >= 11 is 0. The van der Waals surface area contributed by atoms with E-state index >= 15 is 0 Å². The van der Waals surface area contributed by atoms with Crippen LogP contribution < -0.4 is 0 Å². The molecular weight excluding hydrogens is 192 g/mol. The van der Waals surface area contributed by atoms with Crippen molar-refractivity contribution in [3.8, 4) is 0 Å². The number of carbonyl (C=O) groups excluding carboxylic acids is 1. The Hall–Kier alpha value is -1.61. The number of aliphatic hydroxyl groups is 1. The van der Waals surface area contributed by atoms with Crippen molar-refractivity contribution in [3.05, 3.63) is 48.0 Å². The minimum Gasteiger partial charge on any atom is -0.467 e. The van der Waals surface area contributed by atoms with Crippen LogP contribution in [-0.4, -0.2) is 24.3 Å². The van der Waals surface area contributed by atoms with Gasteiger partial charge in [0.2, 0.25) is 0 Å². The third kappa shape index (κ3) is 3.95. The lowest BCUT2D eigenvalue weighted by atomic mass is 10.1. The normalized spacial score (nSPS) is 12.7. The average molecular weight is 206 g/mol. The largest absolute Gasteiger partial charge is 0.467 e. The highest BCUT2D eigenvalue weighted by atomic mass is 16.5. The van der Waals surface area contributed by atoms with Crippen molar-refractivity contribution >= 4 is 5.97 Å². The second kappa shape index (κ2) is 5.98. The van der Waals surface area contributed by atoms with Gasteiger partial charge in [-0.25, -0.2) is 4.79 Å². The van der Waals surface area contributed by atoms with E-state index in [0.717, 1.165) is 5.56 Å². The van der Waals surface area contributed by atoms with Crippen LogP contribution in [0.1, 0.15) is 5.56 Å². The highest BCUT2D eigenvalue weighted by Crippen LogP contribution is 2.01. The Labute approximate surface area is 89.0 Å². The van der Waals surface area contributed by atoms with Crippen LogP contribution in [0.3, 0.4) is 0 Å². The van der Waals surface area contributed by atoms with Gasteiger partial charge in [0, 0.05) is 0 Å². The molecule has 0 radical (unpaired) electrons. The zero-order chi connectivity index (χ0) is 11.1. The number of methoxy groups -OCH3 is 1. The molecule has 0 fully saturated rings. The van der Waals surface area contributed by atoms with Crippen LogP contribution in [-0.2, 0) is 16.0 Å². The summed E-state index contributed by atoms with van der Waals surface area (Å²) in [5, 5.41) is 9.23. The molecule has 0 spiro atoms. The molecule has 0 saturated heterocycles.